The Kier molecular flexibility index (Phi) is 6.03. The Labute approximate surface area is 130 Å². The number of nitrogens with one attached hydrogen (secondary N) is 1. The monoisotopic (exact) mass is 306 g/mol. The van der Waals surface area contributed by atoms with Crippen molar-refractivity contribution in [2.75, 3.05) is 6.54 Å². The maximum Gasteiger partial charge on any atom is 0.408 e. The van der Waals surface area contributed by atoms with Gasteiger partial charge in [-0.25, -0.2) is 14.8 Å². The van der Waals surface area contributed by atoms with E-state index in [9.17, 15) is 14.7 Å². The van der Waals surface area contributed by atoms with Crippen molar-refractivity contribution in [2.45, 2.75) is 39.3 Å². The molecule has 1 aromatic heterocycles. The van der Waals surface area contributed by atoms with Crippen molar-refractivity contribution in [3.05, 3.63) is 30.4 Å². The average molecular weight is 306 g/mol. The molecule has 1 heterocycles. The molecule has 0 aromatic carbocycles. The minimum absolute atomic E-state index is 0.301. The first-order valence-corrected chi connectivity index (χ1v) is 6.95. The Balaban J connectivity index is 2.57. The predicted octanol–water partition coefficient (Wildman–Crippen LogP) is 1.77. The molecule has 7 heteroatoms. The van der Waals surface area contributed by atoms with Gasteiger partial charge in [0.15, 0.2) is 0 Å². The van der Waals surface area contributed by atoms with Crippen LogP contribution in [-0.2, 0) is 4.79 Å². The molecule has 1 aromatic rings. The fourth-order valence-corrected chi connectivity index (χ4v) is 2.05. The molecule has 0 spiro atoms. The van der Waals surface area contributed by atoms with Gasteiger partial charge in [0.2, 0.25) is 5.91 Å². The van der Waals surface area contributed by atoms with E-state index >= 15 is 0 Å². The maximum atomic E-state index is 12.1. The van der Waals surface area contributed by atoms with Crippen LogP contribution in [0.1, 0.15) is 33.3 Å². The maximum absolute atomic E-state index is 12.1. The van der Waals surface area contributed by atoms with Crippen LogP contribution in [0.3, 0.4) is 0 Å². The molecule has 22 heavy (non-hydrogen) atoms. The lowest BCUT2D eigenvalue weighted by Crippen LogP contribution is -2.55. The van der Waals surface area contributed by atoms with Gasteiger partial charge in [0.25, 0.3) is 0 Å². The predicted molar refractivity (Wildman–Crippen MR) is 83.2 cm³/mol. The van der Waals surface area contributed by atoms with Gasteiger partial charge in [-0.1, -0.05) is 12.2 Å². The van der Waals surface area contributed by atoms with Gasteiger partial charge >= 0.3 is 6.09 Å². The molecule has 0 fully saturated rings. The van der Waals surface area contributed by atoms with Gasteiger partial charge < -0.3 is 10.4 Å². The molecular weight excluding hydrogens is 284 g/mol. The number of carbonyl (C=O) groups excluding carboxylic acids is 1. The van der Waals surface area contributed by atoms with E-state index in [0.29, 0.717) is 6.54 Å². The summed E-state index contributed by atoms with van der Waals surface area (Å²) in [5.41, 5.74) is 0.173. The van der Waals surface area contributed by atoms with Crippen LogP contribution in [0.25, 0.3) is 6.08 Å². The fraction of sp³-hybridized carbons (Fsp3) is 0.467. The SMILES string of the molecule is C[C@H](C(=O)NCC=Cc1cncnc1)N(C(=O)O)C(C)(C)C. The summed E-state index contributed by atoms with van der Waals surface area (Å²) in [6.45, 7) is 7.12. The third-order valence-electron chi connectivity index (χ3n) is 2.98. The molecule has 0 aliphatic heterocycles. The number of aromatic nitrogens is 2. The zero-order chi connectivity index (χ0) is 16.8. The highest BCUT2D eigenvalue weighted by molar-refractivity contribution is 5.85. The Bertz CT molecular complexity index is 537. The summed E-state index contributed by atoms with van der Waals surface area (Å²) in [6.07, 6.45) is 7.16. The van der Waals surface area contributed by atoms with Crippen LogP contribution in [-0.4, -0.2) is 50.1 Å². The summed E-state index contributed by atoms with van der Waals surface area (Å²) in [4.78, 5) is 32.3. The zero-order valence-electron chi connectivity index (χ0n) is 13.3. The van der Waals surface area contributed by atoms with E-state index in [0.717, 1.165) is 10.5 Å². The second-order valence-corrected chi connectivity index (χ2v) is 5.82. The summed E-state index contributed by atoms with van der Waals surface area (Å²) in [5.74, 6) is -0.341. The van der Waals surface area contributed by atoms with Crippen molar-refractivity contribution >= 4 is 18.1 Å². The van der Waals surface area contributed by atoms with Crippen LogP contribution in [0.5, 0.6) is 0 Å². The standard InChI is InChI=1S/C15H22N4O3/c1-11(19(14(21)22)15(2,3)4)13(20)18-7-5-6-12-8-16-10-17-9-12/h5-6,8-11H,7H2,1-4H3,(H,18,20)(H,21,22)/t11-/m1/s1. The third-order valence-corrected chi connectivity index (χ3v) is 2.98. The van der Waals surface area contributed by atoms with E-state index in [1.54, 1.807) is 52.2 Å². The fourth-order valence-electron chi connectivity index (χ4n) is 2.05. The molecule has 7 nitrogen and oxygen atoms in total. The van der Waals surface area contributed by atoms with Gasteiger partial charge in [-0.15, -0.1) is 0 Å². The highest BCUT2D eigenvalue weighted by Gasteiger charge is 2.34. The van der Waals surface area contributed by atoms with E-state index in [4.69, 9.17) is 0 Å². The number of hydrogen-bond donors (Lipinski definition) is 2. The first kappa shape index (κ1) is 17.6. The Morgan fingerprint density at radius 3 is 2.45 bits per heavy atom. The molecule has 0 unspecified atom stereocenters. The Hall–Kier alpha value is -2.44. The number of rotatable bonds is 5. The van der Waals surface area contributed by atoms with Crippen LogP contribution in [0, 0.1) is 0 Å². The number of carbonyl (C=O) groups is 2. The summed E-state index contributed by atoms with van der Waals surface area (Å²) >= 11 is 0. The second kappa shape index (κ2) is 7.53. The molecule has 0 bridgehead atoms. The molecule has 0 aliphatic rings. The number of carboxylic acid groups (broad SMARTS) is 1. The number of amides is 2. The van der Waals surface area contributed by atoms with Crippen molar-refractivity contribution in [1.82, 2.24) is 20.2 Å². The molecule has 0 saturated carbocycles. The second-order valence-electron chi connectivity index (χ2n) is 5.82. The summed E-state index contributed by atoms with van der Waals surface area (Å²) in [7, 11) is 0. The molecule has 0 saturated heterocycles. The van der Waals surface area contributed by atoms with Gasteiger partial charge in [0, 0.05) is 30.0 Å². The van der Waals surface area contributed by atoms with E-state index in [1.807, 2.05) is 0 Å². The Morgan fingerprint density at radius 1 is 1.36 bits per heavy atom. The lowest BCUT2D eigenvalue weighted by Gasteiger charge is -2.37. The third kappa shape index (κ3) is 5.16. The highest BCUT2D eigenvalue weighted by Crippen LogP contribution is 2.17. The van der Waals surface area contributed by atoms with Gasteiger partial charge in [0.1, 0.15) is 12.4 Å². The minimum atomic E-state index is -1.12. The van der Waals surface area contributed by atoms with Crippen molar-refractivity contribution in [2.24, 2.45) is 0 Å². The van der Waals surface area contributed by atoms with Crippen LogP contribution in [0.2, 0.25) is 0 Å². The van der Waals surface area contributed by atoms with Crippen molar-refractivity contribution in [1.29, 1.82) is 0 Å². The van der Waals surface area contributed by atoms with Crippen LogP contribution >= 0.6 is 0 Å². The van der Waals surface area contributed by atoms with Crippen molar-refractivity contribution in [3.63, 3.8) is 0 Å². The van der Waals surface area contributed by atoms with E-state index in [1.165, 1.54) is 6.33 Å². The van der Waals surface area contributed by atoms with Gasteiger partial charge in [-0.3, -0.25) is 9.69 Å². The van der Waals surface area contributed by atoms with Crippen molar-refractivity contribution in [3.8, 4) is 0 Å². The first-order valence-electron chi connectivity index (χ1n) is 6.95. The largest absolute Gasteiger partial charge is 0.465 e. The van der Waals surface area contributed by atoms with Crippen LogP contribution in [0.15, 0.2) is 24.8 Å². The smallest absolute Gasteiger partial charge is 0.408 e. The molecule has 1 rings (SSSR count). The van der Waals surface area contributed by atoms with E-state index in [-0.39, 0.29) is 5.91 Å². The van der Waals surface area contributed by atoms with Crippen LogP contribution in [0.4, 0.5) is 4.79 Å². The molecular formula is C15H22N4O3. The van der Waals surface area contributed by atoms with E-state index < -0.39 is 17.7 Å². The molecule has 2 amide bonds. The average Bonchev–Trinajstić information content (AvgIpc) is 2.42. The normalized spacial score (nSPS) is 12.9. The van der Waals surface area contributed by atoms with Crippen molar-refractivity contribution < 1.29 is 14.7 Å². The summed E-state index contributed by atoms with van der Waals surface area (Å²) in [5, 5.41) is 12.0. The topological polar surface area (TPSA) is 95.4 Å². The lowest BCUT2D eigenvalue weighted by atomic mass is 10.0. The molecule has 1 atom stereocenters. The van der Waals surface area contributed by atoms with Crippen LogP contribution < -0.4 is 5.32 Å². The lowest BCUT2D eigenvalue weighted by molar-refractivity contribution is -0.126. The zero-order valence-corrected chi connectivity index (χ0v) is 13.3. The highest BCUT2D eigenvalue weighted by atomic mass is 16.4. The minimum Gasteiger partial charge on any atom is -0.465 e. The van der Waals surface area contributed by atoms with Gasteiger partial charge in [-0.2, -0.15) is 0 Å². The summed E-state index contributed by atoms with van der Waals surface area (Å²) in [6, 6.07) is -0.772. The van der Waals surface area contributed by atoms with Gasteiger partial charge in [0.05, 0.1) is 0 Å². The molecule has 0 radical (unpaired) electrons. The number of nitrogens with zero attached hydrogens (tertiary/aromatic N) is 3. The first-order chi connectivity index (χ1) is 10.2. The summed E-state index contributed by atoms with van der Waals surface area (Å²) < 4.78 is 0. The number of hydrogen-bond acceptors (Lipinski definition) is 4. The molecule has 2 N–H and O–H groups in total. The Morgan fingerprint density at radius 2 is 1.95 bits per heavy atom. The quantitative estimate of drug-likeness (QED) is 0.864. The van der Waals surface area contributed by atoms with Gasteiger partial charge in [-0.05, 0) is 27.7 Å². The van der Waals surface area contributed by atoms with E-state index in [2.05, 4.69) is 15.3 Å². The molecule has 120 valence electrons. The molecule has 0 aliphatic carbocycles.